The number of rotatable bonds is 2. The normalized spacial score (nSPS) is 9.88. The Bertz CT molecular complexity index is 550. The Morgan fingerprint density at radius 3 is 2.69 bits per heavy atom. The molecule has 1 heterocycles. The molecule has 0 saturated carbocycles. The zero-order valence-corrected chi connectivity index (χ0v) is 10.0. The van der Waals surface area contributed by atoms with E-state index in [1.807, 2.05) is 31.2 Å². The van der Waals surface area contributed by atoms with E-state index in [1.54, 1.807) is 11.6 Å². The number of aryl methyl sites for hydroxylation is 1. The molecule has 86 valence electrons. The van der Waals surface area contributed by atoms with Gasteiger partial charge in [0.25, 0.3) is 5.56 Å². The maximum atomic E-state index is 11.9. The van der Waals surface area contributed by atoms with Gasteiger partial charge in [-0.15, -0.1) is 12.4 Å². The number of hydrogen-bond donors (Lipinski definition) is 1. The lowest BCUT2D eigenvalue weighted by Gasteiger charge is -2.09. The monoisotopic (exact) mass is 239 g/mol. The summed E-state index contributed by atoms with van der Waals surface area (Å²) in [5.74, 6) is 0.399. The van der Waals surface area contributed by atoms with E-state index in [4.69, 9.17) is 0 Å². The Kier molecular flexibility index (Phi) is 3.90. The van der Waals surface area contributed by atoms with Crippen LogP contribution in [0.15, 0.2) is 29.1 Å². The van der Waals surface area contributed by atoms with Crippen molar-refractivity contribution < 1.29 is 0 Å². The molecule has 0 atom stereocenters. The zero-order chi connectivity index (χ0) is 10.8. The number of hydrogen-bond acceptors (Lipinski definition) is 3. The van der Waals surface area contributed by atoms with Crippen molar-refractivity contribution in [3.63, 3.8) is 0 Å². The van der Waals surface area contributed by atoms with Crippen molar-refractivity contribution in [2.45, 2.75) is 13.5 Å². The van der Waals surface area contributed by atoms with Gasteiger partial charge >= 0.3 is 0 Å². The first-order chi connectivity index (χ1) is 7.27. The molecule has 0 aliphatic carbocycles. The van der Waals surface area contributed by atoms with E-state index in [1.165, 1.54) is 0 Å². The van der Waals surface area contributed by atoms with Crippen LogP contribution >= 0.6 is 12.4 Å². The third kappa shape index (κ3) is 1.88. The summed E-state index contributed by atoms with van der Waals surface area (Å²) in [5, 5.41) is 2.82. The van der Waals surface area contributed by atoms with Crippen LogP contribution in [0.3, 0.4) is 0 Å². The highest BCUT2D eigenvalue weighted by molar-refractivity contribution is 5.85. The van der Waals surface area contributed by atoms with Gasteiger partial charge in [0, 0.05) is 13.6 Å². The fourth-order valence-electron chi connectivity index (χ4n) is 1.67. The molecule has 0 aliphatic rings. The zero-order valence-electron chi connectivity index (χ0n) is 9.23. The summed E-state index contributed by atoms with van der Waals surface area (Å²) in [6.07, 6.45) is 0. The summed E-state index contributed by atoms with van der Waals surface area (Å²) in [5.41, 5.74) is 1.64. The van der Waals surface area contributed by atoms with Gasteiger partial charge in [-0.2, -0.15) is 0 Å². The van der Waals surface area contributed by atoms with Crippen molar-refractivity contribution in [2.75, 3.05) is 12.4 Å². The Hall–Kier alpha value is -1.55. The molecule has 1 aromatic heterocycles. The summed E-state index contributed by atoms with van der Waals surface area (Å²) >= 11 is 0. The molecular formula is C11H14ClN3O. The number of para-hydroxylation sites is 2. The number of fused-ring (bicyclic) bond motifs is 1. The predicted octanol–water partition coefficient (Wildman–Crippen LogP) is 1.88. The highest BCUT2D eigenvalue weighted by Gasteiger charge is 2.07. The lowest BCUT2D eigenvalue weighted by atomic mass is 10.3. The van der Waals surface area contributed by atoms with Gasteiger partial charge in [0.15, 0.2) is 5.82 Å². The summed E-state index contributed by atoms with van der Waals surface area (Å²) in [6.45, 7) is 2.60. The van der Waals surface area contributed by atoms with E-state index >= 15 is 0 Å². The van der Waals surface area contributed by atoms with Gasteiger partial charge in [-0.3, -0.25) is 4.79 Å². The Balaban J connectivity index is 0.00000128. The number of anilines is 1. The van der Waals surface area contributed by atoms with Crippen LogP contribution in [-0.4, -0.2) is 16.6 Å². The largest absolute Gasteiger partial charge is 0.369 e. The van der Waals surface area contributed by atoms with E-state index in [-0.39, 0.29) is 18.0 Å². The summed E-state index contributed by atoms with van der Waals surface area (Å²) in [7, 11) is 1.71. The van der Waals surface area contributed by atoms with E-state index in [2.05, 4.69) is 10.3 Å². The SMILES string of the molecule is CCn1c(=O)c(NC)nc2ccccc21.Cl. The first kappa shape index (κ1) is 12.5. The minimum atomic E-state index is -0.0706. The van der Waals surface area contributed by atoms with Crippen LogP contribution in [0, 0.1) is 0 Å². The van der Waals surface area contributed by atoms with Crippen LogP contribution < -0.4 is 10.9 Å². The van der Waals surface area contributed by atoms with Crippen LogP contribution in [0.4, 0.5) is 5.82 Å². The number of nitrogens with one attached hydrogen (secondary N) is 1. The first-order valence-corrected chi connectivity index (χ1v) is 4.95. The third-order valence-electron chi connectivity index (χ3n) is 2.41. The molecule has 5 heteroatoms. The minimum absolute atomic E-state index is 0. The fourth-order valence-corrected chi connectivity index (χ4v) is 1.67. The molecule has 0 fully saturated rings. The number of nitrogens with zero attached hydrogens (tertiary/aromatic N) is 2. The molecule has 0 radical (unpaired) electrons. The molecule has 0 saturated heterocycles. The smallest absolute Gasteiger partial charge is 0.293 e. The van der Waals surface area contributed by atoms with Crippen molar-refractivity contribution in [3.05, 3.63) is 34.6 Å². The second-order valence-corrected chi connectivity index (χ2v) is 3.25. The van der Waals surface area contributed by atoms with Crippen LogP contribution in [0.2, 0.25) is 0 Å². The molecule has 0 aliphatic heterocycles. The van der Waals surface area contributed by atoms with Crippen LogP contribution in [0.5, 0.6) is 0 Å². The van der Waals surface area contributed by atoms with Gasteiger partial charge in [0.1, 0.15) is 0 Å². The van der Waals surface area contributed by atoms with Gasteiger partial charge in [-0.25, -0.2) is 4.98 Å². The maximum absolute atomic E-state index is 11.9. The summed E-state index contributed by atoms with van der Waals surface area (Å²) in [6, 6.07) is 7.64. The van der Waals surface area contributed by atoms with E-state index in [0.29, 0.717) is 12.4 Å². The topological polar surface area (TPSA) is 46.9 Å². The van der Waals surface area contributed by atoms with E-state index < -0.39 is 0 Å². The Morgan fingerprint density at radius 2 is 2.06 bits per heavy atom. The lowest BCUT2D eigenvalue weighted by molar-refractivity contribution is 0.755. The molecule has 0 spiro atoms. The molecule has 2 aromatic rings. The number of aromatic nitrogens is 2. The minimum Gasteiger partial charge on any atom is -0.369 e. The summed E-state index contributed by atoms with van der Waals surface area (Å²) < 4.78 is 1.72. The van der Waals surface area contributed by atoms with Crippen molar-refractivity contribution in [1.82, 2.24) is 9.55 Å². The molecule has 1 N–H and O–H groups in total. The molecule has 1 aromatic carbocycles. The Labute approximate surface area is 99.7 Å². The molecule has 16 heavy (non-hydrogen) atoms. The molecule has 2 rings (SSSR count). The van der Waals surface area contributed by atoms with Crippen molar-refractivity contribution in [1.29, 1.82) is 0 Å². The highest BCUT2D eigenvalue weighted by atomic mass is 35.5. The van der Waals surface area contributed by atoms with Gasteiger partial charge < -0.3 is 9.88 Å². The molecule has 0 amide bonds. The average Bonchev–Trinajstić information content (AvgIpc) is 2.28. The summed E-state index contributed by atoms with van der Waals surface area (Å²) in [4.78, 5) is 16.1. The van der Waals surface area contributed by atoms with Crippen LogP contribution in [0.25, 0.3) is 11.0 Å². The fraction of sp³-hybridized carbons (Fsp3) is 0.273. The predicted molar refractivity (Wildman–Crippen MR) is 68.5 cm³/mol. The van der Waals surface area contributed by atoms with Crippen molar-refractivity contribution >= 4 is 29.3 Å². The average molecular weight is 240 g/mol. The molecule has 0 unspecified atom stereocenters. The quantitative estimate of drug-likeness (QED) is 0.871. The van der Waals surface area contributed by atoms with Gasteiger partial charge in [-0.05, 0) is 19.1 Å². The Morgan fingerprint density at radius 1 is 1.38 bits per heavy atom. The standard InChI is InChI=1S/C11H13N3O.ClH/c1-3-14-9-7-5-4-6-8(9)13-10(12-2)11(14)15;/h4-7H,3H2,1-2H3,(H,12,13);1H. The second kappa shape index (κ2) is 4.99. The van der Waals surface area contributed by atoms with Gasteiger partial charge in [0.2, 0.25) is 0 Å². The highest BCUT2D eigenvalue weighted by Crippen LogP contribution is 2.10. The maximum Gasteiger partial charge on any atom is 0.293 e. The first-order valence-electron chi connectivity index (χ1n) is 4.95. The molecule has 4 nitrogen and oxygen atoms in total. The van der Waals surface area contributed by atoms with Crippen molar-refractivity contribution in [3.8, 4) is 0 Å². The van der Waals surface area contributed by atoms with Gasteiger partial charge in [-0.1, -0.05) is 12.1 Å². The molecule has 0 bridgehead atoms. The van der Waals surface area contributed by atoms with Crippen LogP contribution in [-0.2, 0) is 6.54 Å². The second-order valence-electron chi connectivity index (χ2n) is 3.25. The lowest BCUT2D eigenvalue weighted by Crippen LogP contribution is -2.23. The molecular weight excluding hydrogens is 226 g/mol. The van der Waals surface area contributed by atoms with E-state index in [9.17, 15) is 4.79 Å². The van der Waals surface area contributed by atoms with Gasteiger partial charge in [0.05, 0.1) is 11.0 Å². The van der Waals surface area contributed by atoms with Crippen LogP contribution in [0.1, 0.15) is 6.92 Å². The van der Waals surface area contributed by atoms with E-state index in [0.717, 1.165) is 11.0 Å². The third-order valence-corrected chi connectivity index (χ3v) is 2.41. The van der Waals surface area contributed by atoms with Crippen molar-refractivity contribution in [2.24, 2.45) is 0 Å². The number of benzene rings is 1. The number of halogens is 1.